The summed E-state index contributed by atoms with van der Waals surface area (Å²) in [5.74, 6) is -0.473. The van der Waals surface area contributed by atoms with Gasteiger partial charge < -0.3 is 9.47 Å². The van der Waals surface area contributed by atoms with Crippen molar-refractivity contribution in [1.29, 1.82) is 0 Å². The average Bonchev–Trinajstić information content (AvgIpc) is 2.82. The summed E-state index contributed by atoms with van der Waals surface area (Å²) >= 11 is 0. The topological polar surface area (TPSA) is 55.8 Å². The quantitative estimate of drug-likeness (QED) is 0.329. The van der Waals surface area contributed by atoms with E-state index in [1.807, 2.05) is 30.3 Å². The molecule has 3 rings (SSSR count). The summed E-state index contributed by atoms with van der Waals surface area (Å²) in [6.07, 6.45) is -5.04. The van der Waals surface area contributed by atoms with Gasteiger partial charge in [0.2, 0.25) is 0 Å². The Labute approximate surface area is 208 Å². The molecule has 0 aliphatic heterocycles. The maximum absolute atomic E-state index is 12.9. The molecular formula is C28H28F3NO4. The highest BCUT2D eigenvalue weighted by Crippen LogP contribution is 2.29. The third-order valence-electron chi connectivity index (χ3n) is 5.08. The standard InChI is InChI=1S/C28H28F3NO4/c1-27(2,3)36-26(34)32(18-21-11-15-24(16-12-21)28(29,30)31)17-20-9-13-23(14-10-20)25(33)35-19-22-7-5-4-6-8-22/h4-16H,17-19H2,1-3H3. The van der Waals surface area contributed by atoms with Crippen molar-refractivity contribution in [3.8, 4) is 0 Å². The molecule has 0 radical (unpaired) electrons. The molecule has 190 valence electrons. The Morgan fingerprint density at radius 3 is 1.78 bits per heavy atom. The van der Waals surface area contributed by atoms with Gasteiger partial charge in [-0.15, -0.1) is 0 Å². The van der Waals surface area contributed by atoms with Crippen molar-refractivity contribution in [3.63, 3.8) is 0 Å². The minimum atomic E-state index is -4.44. The van der Waals surface area contributed by atoms with Gasteiger partial charge in [-0.05, 0) is 61.7 Å². The fraction of sp³-hybridized carbons (Fsp3) is 0.286. The molecule has 3 aromatic carbocycles. The van der Waals surface area contributed by atoms with Crippen LogP contribution >= 0.6 is 0 Å². The Morgan fingerprint density at radius 1 is 0.750 bits per heavy atom. The van der Waals surface area contributed by atoms with Crippen molar-refractivity contribution in [2.24, 2.45) is 0 Å². The van der Waals surface area contributed by atoms with Gasteiger partial charge in [0.1, 0.15) is 12.2 Å². The van der Waals surface area contributed by atoms with E-state index in [-0.39, 0.29) is 19.7 Å². The predicted molar refractivity (Wildman–Crippen MR) is 129 cm³/mol. The lowest BCUT2D eigenvalue weighted by atomic mass is 10.1. The number of ether oxygens (including phenoxy) is 2. The number of halogens is 3. The zero-order chi connectivity index (χ0) is 26.3. The van der Waals surface area contributed by atoms with Crippen molar-refractivity contribution in [1.82, 2.24) is 4.90 Å². The molecule has 0 saturated carbocycles. The Hall–Kier alpha value is -3.81. The molecule has 5 nitrogen and oxygen atoms in total. The van der Waals surface area contributed by atoms with Crippen LogP contribution in [0.5, 0.6) is 0 Å². The van der Waals surface area contributed by atoms with Crippen LogP contribution in [0.4, 0.5) is 18.0 Å². The summed E-state index contributed by atoms with van der Waals surface area (Å²) in [5.41, 5.74) is 0.967. The van der Waals surface area contributed by atoms with Crippen LogP contribution in [0.25, 0.3) is 0 Å². The van der Waals surface area contributed by atoms with Crippen molar-refractivity contribution in [3.05, 3.63) is 107 Å². The zero-order valence-electron chi connectivity index (χ0n) is 20.3. The van der Waals surface area contributed by atoms with E-state index in [1.54, 1.807) is 45.0 Å². The summed E-state index contributed by atoms with van der Waals surface area (Å²) in [4.78, 5) is 26.6. The molecule has 8 heteroatoms. The van der Waals surface area contributed by atoms with Gasteiger partial charge in [0, 0.05) is 13.1 Å². The van der Waals surface area contributed by atoms with Gasteiger partial charge in [0.25, 0.3) is 0 Å². The second-order valence-corrected chi connectivity index (χ2v) is 9.29. The maximum atomic E-state index is 12.9. The maximum Gasteiger partial charge on any atom is 0.416 e. The molecule has 1 amide bonds. The first-order valence-electron chi connectivity index (χ1n) is 11.3. The second-order valence-electron chi connectivity index (χ2n) is 9.29. The number of esters is 1. The number of carbonyl (C=O) groups is 2. The van der Waals surface area contributed by atoms with Gasteiger partial charge in [-0.1, -0.05) is 54.6 Å². The van der Waals surface area contributed by atoms with Crippen LogP contribution in [0.2, 0.25) is 0 Å². The van der Waals surface area contributed by atoms with E-state index in [0.29, 0.717) is 16.7 Å². The van der Waals surface area contributed by atoms with E-state index < -0.39 is 29.4 Å². The van der Waals surface area contributed by atoms with Crippen molar-refractivity contribution < 1.29 is 32.2 Å². The number of hydrogen-bond acceptors (Lipinski definition) is 4. The Morgan fingerprint density at radius 2 is 1.28 bits per heavy atom. The van der Waals surface area contributed by atoms with E-state index in [2.05, 4.69) is 0 Å². The minimum Gasteiger partial charge on any atom is -0.457 e. The van der Waals surface area contributed by atoms with E-state index in [1.165, 1.54) is 17.0 Å². The van der Waals surface area contributed by atoms with Crippen LogP contribution in [0, 0.1) is 0 Å². The van der Waals surface area contributed by atoms with Crippen LogP contribution in [0.3, 0.4) is 0 Å². The fourth-order valence-electron chi connectivity index (χ4n) is 3.30. The van der Waals surface area contributed by atoms with Crippen molar-refractivity contribution in [2.75, 3.05) is 0 Å². The van der Waals surface area contributed by atoms with Gasteiger partial charge in [0.15, 0.2) is 0 Å². The van der Waals surface area contributed by atoms with Crippen LogP contribution in [0.1, 0.15) is 53.4 Å². The number of nitrogens with zero attached hydrogens (tertiary/aromatic N) is 1. The van der Waals surface area contributed by atoms with Gasteiger partial charge in [-0.2, -0.15) is 13.2 Å². The molecule has 0 spiro atoms. The van der Waals surface area contributed by atoms with E-state index >= 15 is 0 Å². The lowest BCUT2D eigenvalue weighted by molar-refractivity contribution is -0.137. The molecule has 0 bridgehead atoms. The molecule has 0 aliphatic rings. The number of amides is 1. The molecule has 36 heavy (non-hydrogen) atoms. The highest BCUT2D eigenvalue weighted by molar-refractivity contribution is 5.89. The second kappa shape index (κ2) is 11.3. The Bertz CT molecular complexity index is 1150. The zero-order valence-corrected chi connectivity index (χ0v) is 20.3. The number of benzene rings is 3. The molecule has 3 aromatic rings. The van der Waals surface area contributed by atoms with Crippen molar-refractivity contribution >= 4 is 12.1 Å². The monoisotopic (exact) mass is 499 g/mol. The highest BCUT2D eigenvalue weighted by Gasteiger charge is 2.30. The van der Waals surface area contributed by atoms with Crippen molar-refractivity contribution in [2.45, 2.75) is 52.2 Å². The largest absolute Gasteiger partial charge is 0.457 e. The predicted octanol–water partition coefficient (Wildman–Crippen LogP) is 7.00. The Kier molecular flexibility index (Phi) is 8.40. The molecule has 0 heterocycles. The van der Waals surface area contributed by atoms with Crippen LogP contribution < -0.4 is 0 Å². The van der Waals surface area contributed by atoms with Gasteiger partial charge in [-0.25, -0.2) is 9.59 Å². The highest BCUT2D eigenvalue weighted by atomic mass is 19.4. The first-order valence-corrected chi connectivity index (χ1v) is 11.3. The summed E-state index contributed by atoms with van der Waals surface area (Å²) in [6, 6.07) is 20.6. The Balaban J connectivity index is 1.70. The summed E-state index contributed by atoms with van der Waals surface area (Å²) < 4.78 is 49.5. The molecule has 0 aromatic heterocycles. The fourth-order valence-corrected chi connectivity index (χ4v) is 3.30. The summed E-state index contributed by atoms with van der Waals surface area (Å²) in [6.45, 7) is 5.54. The minimum absolute atomic E-state index is 0.0495. The SMILES string of the molecule is CC(C)(C)OC(=O)N(Cc1ccc(C(=O)OCc2ccccc2)cc1)Cc1ccc(C(F)(F)F)cc1. The van der Waals surface area contributed by atoms with Crippen LogP contribution in [0.15, 0.2) is 78.9 Å². The molecule has 0 N–H and O–H groups in total. The lowest BCUT2D eigenvalue weighted by Gasteiger charge is -2.27. The number of alkyl halides is 3. The van der Waals surface area contributed by atoms with Gasteiger partial charge in [0.05, 0.1) is 11.1 Å². The molecule has 0 unspecified atom stereocenters. The van der Waals surface area contributed by atoms with Crippen LogP contribution in [-0.2, 0) is 35.3 Å². The molecule has 0 saturated heterocycles. The lowest BCUT2D eigenvalue weighted by Crippen LogP contribution is -2.36. The summed E-state index contributed by atoms with van der Waals surface area (Å²) in [7, 11) is 0. The van der Waals surface area contributed by atoms with Crippen LogP contribution in [-0.4, -0.2) is 22.6 Å². The first-order chi connectivity index (χ1) is 16.9. The van der Waals surface area contributed by atoms with Gasteiger partial charge in [-0.3, -0.25) is 4.90 Å². The first kappa shape index (κ1) is 26.8. The average molecular weight is 500 g/mol. The number of carbonyl (C=O) groups excluding carboxylic acids is 2. The normalized spacial score (nSPS) is 11.6. The molecule has 0 aliphatic carbocycles. The molecule has 0 atom stereocenters. The van der Waals surface area contributed by atoms with Gasteiger partial charge >= 0.3 is 18.2 Å². The van der Waals surface area contributed by atoms with E-state index in [4.69, 9.17) is 9.47 Å². The third kappa shape index (κ3) is 8.15. The molecule has 0 fully saturated rings. The third-order valence-corrected chi connectivity index (χ3v) is 5.08. The van der Waals surface area contributed by atoms with E-state index in [0.717, 1.165) is 17.7 Å². The molecular weight excluding hydrogens is 471 g/mol. The number of hydrogen-bond donors (Lipinski definition) is 0. The smallest absolute Gasteiger partial charge is 0.416 e. The van der Waals surface area contributed by atoms with E-state index in [9.17, 15) is 22.8 Å². The summed E-state index contributed by atoms with van der Waals surface area (Å²) in [5, 5.41) is 0. The number of rotatable bonds is 7.